The third-order valence-electron chi connectivity index (χ3n) is 3.89. The number of aromatic nitrogens is 1. The zero-order chi connectivity index (χ0) is 13.2. The summed E-state index contributed by atoms with van der Waals surface area (Å²) in [5.74, 6) is 0.836. The highest BCUT2D eigenvalue weighted by atomic mass is 16.5. The predicted molar refractivity (Wildman–Crippen MR) is 71.5 cm³/mol. The second-order valence-electron chi connectivity index (χ2n) is 5.06. The van der Waals surface area contributed by atoms with Gasteiger partial charge in [-0.3, -0.25) is 19.6 Å². The first-order valence-corrected chi connectivity index (χ1v) is 6.86. The molecule has 3 saturated heterocycles. The van der Waals surface area contributed by atoms with E-state index in [2.05, 4.69) is 14.8 Å². The van der Waals surface area contributed by atoms with Gasteiger partial charge in [0.05, 0.1) is 18.8 Å². The lowest BCUT2D eigenvalue weighted by Crippen LogP contribution is -2.63. The molecule has 0 radical (unpaired) electrons. The van der Waals surface area contributed by atoms with Gasteiger partial charge >= 0.3 is 0 Å². The average molecular weight is 261 g/mol. The summed E-state index contributed by atoms with van der Waals surface area (Å²) in [5, 5.41) is 0. The van der Waals surface area contributed by atoms with E-state index in [9.17, 15) is 4.79 Å². The maximum absolute atomic E-state index is 12.6. The summed E-state index contributed by atoms with van der Waals surface area (Å²) < 4.78 is 5.41. The Morgan fingerprint density at radius 1 is 1.37 bits per heavy atom. The molecule has 0 aromatic carbocycles. The molecule has 3 aliphatic rings. The summed E-state index contributed by atoms with van der Waals surface area (Å²) in [6, 6.07) is 1.79. The van der Waals surface area contributed by atoms with Gasteiger partial charge in [-0.1, -0.05) is 0 Å². The van der Waals surface area contributed by atoms with Gasteiger partial charge in [0.2, 0.25) is 0 Å². The van der Waals surface area contributed by atoms with Crippen molar-refractivity contribution in [3.63, 3.8) is 0 Å². The molecule has 0 amide bonds. The largest absolute Gasteiger partial charge is 0.492 e. The number of fused-ring (bicyclic) bond motifs is 3. The summed E-state index contributed by atoms with van der Waals surface area (Å²) >= 11 is 0. The molecule has 0 saturated carbocycles. The van der Waals surface area contributed by atoms with E-state index in [1.165, 1.54) is 0 Å². The summed E-state index contributed by atoms with van der Waals surface area (Å²) in [7, 11) is 0. The summed E-state index contributed by atoms with van der Waals surface area (Å²) in [4.78, 5) is 21.3. The zero-order valence-corrected chi connectivity index (χ0v) is 11.2. The highest BCUT2D eigenvalue weighted by Gasteiger charge is 2.36. The van der Waals surface area contributed by atoms with Crippen LogP contribution in [0.1, 0.15) is 17.3 Å². The molecule has 1 aromatic rings. The number of rotatable bonds is 4. The van der Waals surface area contributed by atoms with Crippen molar-refractivity contribution in [2.75, 3.05) is 39.3 Å². The van der Waals surface area contributed by atoms with Crippen LogP contribution in [0.5, 0.6) is 5.75 Å². The molecule has 4 rings (SSSR count). The number of ether oxygens (including phenoxy) is 1. The second kappa shape index (κ2) is 5.27. The summed E-state index contributed by atoms with van der Waals surface area (Å²) in [5.41, 5.74) is 0.657. The van der Waals surface area contributed by atoms with E-state index in [4.69, 9.17) is 4.74 Å². The maximum Gasteiger partial charge on any atom is 0.182 e. The van der Waals surface area contributed by atoms with E-state index in [0.29, 0.717) is 17.9 Å². The monoisotopic (exact) mass is 261 g/mol. The van der Waals surface area contributed by atoms with Crippen LogP contribution in [-0.2, 0) is 0 Å². The van der Waals surface area contributed by atoms with Crippen molar-refractivity contribution in [2.24, 2.45) is 0 Å². The highest BCUT2D eigenvalue weighted by molar-refractivity contribution is 6.00. The molecule has 1 unspecified atom stereocenters. The Balaban J connectivity index is 1.78. The van der Waals surface area contributed by atoms with E-state index in [0.717, 1.165) is 32.7 Å². The Morgan fingerprint density at radius 2 is 2.16 bits per heavy atom. The van der Waals surface area contributed by atoms with Gasteiger partial charge in [0, 0.05) is 44.5 Å². The van der Waals surface area contributed by atoms with Crippen LogP contribution in [0, 0.1) is 0 Å². The second-order valence-corrected chi connectivity index (χ2v) is 5.06. The standard InChI is InChI=1S/C14H19N3O2/c1-2-19-12-7-11(8-15-9-12)14(18)13-10-16-3-5-17(13)6-4-16/h7-9,13H,2-6,10H2,1H3. The van der Waals surface area contributed by atoms with Crippen LogP contribution < -0.4 is 4.74 Å². The molecule has 0 spiro atoms. The number of ketones is 1. The first-order valence-electron chi connectivity index (χ1n) is 6.86. The molecule has 0 N–H and O–H groups in total. The number of pyridine rings is 1. The third kappa shape index (κ3) is 2.48. The van der Waals surface area contributed by atoms with Gasteiger partial charge in [-0.25, -0.2) is 0 Å². The Morgan fingerprint density at radius 3 is 2.79 bits per heavy atom. The van der Waals surface area contributed by atoms with Gasteiger partial charge in [0.25, 0.3) is 0 Å². The molecule has 3 fully saturated rings. The Kier molecular flexibility index (Phi) is 3.48. The lowest BCUT2D eigenvalue weighted by molar-refractivity contribution is 0.0159. The van der Waals surface area contributed by atoms with Crippen LogP contribution in [0.25, 0.3) is 0 Å². The topological polar surface area (TPSA) is 45.7 Å². The molecule has 3 aliphatic heterocycles. The highest BCUT2D eigenvalue weighted by Crippen LogP contribution is 2.20. The van der Waals surface area contributed by atoms with Crippen LogP contribution in [0.4, 0.5) is 0 Å². The van der Waals surface area contributed by atoms with E-state index in [-0.39, 0.29) is 11.8 Å². The van der Waals surface area contributed by atoms with Gasteiger partial charge in [-0.05, 0) is 13.0 Å². The molecule has 1 aromatic heterocycles. The van der Waals surface area contributed by atoms with E-state index in [1.54, 1.807) is 18.5 Å². The Bertz CT molecular complexity index is 470. The van der Waals surface area contributed by atoms with E-state index in [1.807, 2.05) is 6.92 Å². The number of hydrogen-bond donors (Lipinski definition) is 0. The van der Waals surface area contributed by atoms with E-state index >= 15 is 0 Å². The quantitative estimate of drug-likeness (QED) is 0.745. The fourth-order valence-corrected chi connectivity index (χ4v) is 2.86. The van der Waals surface area contributed by atoms with Crippen molar-refractivity contribution in [3.05, 3.63) is 24.0 Å². The SMILES string of the molecule is CCOc1cncc(C(=O)C2CN3CCN2CC3)c1. The normalized spacial score (nSPS) is 29.2. The minimum atomic E-state index is -0.0128. The van der Waals surface area contributed by atoms with Crippen molar-refractivity contribution < 1.29 is 9.53 Å². The molecular formula is C14H19N3O2. The zero-order valence-electron chi connectivity index (χ0n) is 11.2. The van der Waals surface area contributed by atoms with Gasteiger partial charge in [-0.15, -0.1) is 0 Å². The number of piperazine rings is 3. The van der Waals surface area contributed by atoms with Crippen molar-refractivity contribution in [3.8, 4) is 5.75 Å². The number of nitrogens with zero attached hydrogens (tertiary/aromatic N) is 3. The van der Waals surface area contributed by atoms with Crippen LogP contribution in [0.15, 0.2) is 18.5 Å². The summed E-state index contributed by atoms with van der Waals surface area (Å²) in [6.45, 7) is 7.51. The van der Waals surface area contributed by atoms with Crippen molar-refractivity contribution >= 4 is 5.78 Å². The number of carbonyl (C=O) groups is 1. The Hall–Kier alpha value is -1.46. The molecule has 1 atom stereocenters. The first-order chi connectivity index (χ1) is 9.28. The molecule has 2 bridgehead atoms. The van der Waals surface area contributed by atoms with E-state index < -0.39 is 0 Å². The van der Waals surface area contributed by atoms with Crippen molar-refractivity contribution in [2.45, 2.75) is 13.0 Å². The maximum atomic E-state index is 12.6. The van der Waals surface area contributed by atoms with Gasteiger partial charge in [-0.2, -0.15) is 0 Å². The van der Waals surface area contributed by atoms with Gasteiger partial charge in [0.15, 0.2) is 5.78 Å². The fraction of sp³-hybridized carbons (Fsp3) is 0.571. The lowest BCUT2D eigenvalue weighted by atomic mass is 9.99. The van der Waals surface area contributed by atoms with Crippen molar-refractivity contribution in [1.82, 2.24) is 14.8 Å². The van der Waals surface area contributed by atoms with Gasteiger partial charge in [0.1, 0.15) is 5.75 Å². The minimum absolute atomic E-state index is 0.0128. The molecule has 4 heterocycles. The number of hydrogen-bond acceptors (Lipinski definition) is 5. The van der Waals surface area contributed by atoms with Crippen LogP contribution >= 0.6 is 0 Å². The predicted octanol–water partition coefficient (Wildman–Crippen LogP) is 0.663. The fourth-order valence-electron chi connectivity index (χ4n) is 2.86. The van der Waals surface area contributed by atoms with Gasteiger partial charge < -0.3 is 4.74 Å². The Labute approximate surface area is 113 Å². The van der Waals surface area contributed by atoms with Crippen LogP contribution in [0.2, 0.25) is 0 Å². The molecule has 102 valence electrons. The number of Topliss-reactive ketones (excluding diaryl/α,β-unsaturated/α-hetero) is 1. The third-order valence-corrected chi connectivity index (χ3v) is 3.89. The summed E-state index contributed by atoms with van der Waals surface area (Å²) in [6.07, 6.45) is 3.29. The lowest BCUT2D eigenvalue weighted by Gasteiger charge is -2.46. The van der Waals surface area contributed by atoms with Crippen LogP contribution in [-0.4, -0.2) is 65.9 Å². The molecule has 5 nitrogen and oxygen atoms in total. The van der Waals surface area contributed by atoms with Crippen LogP contribution in [0.3, 0.4) is 0 Å². The number of carbonyl (C=O) groups excluding carboxylic acids is 1. The average Bonchev–Trinajstić information content (AvgIpc) is 2.48. The molecule has 5 heteroatoms. The first kappa shape index (κ1) is 12.6. The minimum Gasteiger partial charge on any atom is -0.492 e. The molecule has 19 heavy (non-hydrogen) atoms. The molecule has 0 aliphatic carbocycles. The molecular weight excluding hydrogens is 242 g/mol. The smallest absolute Gasteiger partial charge is 0.182 e. The van der Waals surface area contributed by atoms with Crippen molar-refractivity contribution in [1.29, 1.82) is 0 Å².